The third-order valence-corrected chi connectivity index (χ3v) is 5.70. The Morgan fingerprint density at radius 1 is 1.43 bits per heavy atom. The molecule has 0 bridgehead atoms. The van der Waals surface area contributed by atoms with Crippen LogP contribution in [0.25, 0.3) is 0 Å². The fourth-order valence-corrected chi connectivity index (χ4v) is 4.17. The van der Waals surface area contributed by atoms with E-state index in [0.717, 1.165) is 25.0 Å². The number of hydrogen-bond donors (Lipinski definition) is 3. The van der Waals surface area contributed by atoms with Gasteiger partial charge in [-0.1, -0.05) is 44.2 Å². The molecule has 0 aromatic heterocycles. The summed E-state index contributed by atoms with van der Waals surface area (Å²) < 4.78 is 5.82. The minimum atomic E-state index is -0.936. The molecule has 2 aliphatic rings. The number of fused-ring (bicyclic) bond motifs is 1. The largest absolute Gasteiger partial charge is 0.387 e. The molecule has 0 radical (unpaired) electrons. The van der Waals surface area contributed by atoms with E-state index in [4.69, 9.17) is 10.5 Å². The summed E-state index contributed by atoms with van der Waals surface area (Å²) in [6.45, 7) is 4.89. The minimum Gasteiger partial charge on any atom is -0.387 e. The highest BCUT2D eigenvalue weighted by atomic mass is 16.5. The van der Waals surface area contributed by atoms with E-state index in [0.29, 0.717) is 0 Å². The molecule has 4 atom stereocenters. The zero-order valence-corrected chi connectivity index (χ0v) is 13.8. The number of rotatable bonds is 4. The van der Waals surface area contributed by atoms with Crippen molar-refractivity contribution < 1.29 is 14.6 Å². The molecule has 1 saturated carbocycles. The summed E-state index contributed by atoms with van der Waals surface area (Å²) in [6, 6.07) is 9.30. The van der Waals surface area contributed by atoms with Crippen LogP contribution < -0.4 is 11.1 Å². The molecule has 1 saturated heterocycles. The van der Waals surface area contributed by atoms with Gasteiger partial charge in [0.1, 0.15) is 5.54 Å². The number of hydrogen-bond acceptors (Lipinski definition) is 4. The molecule has 1 amide bonds. The van der Waals surface area contributed by atoms with E-state index in [2.05, 4.69) is 5.32 Å². The summed E-state index contributed by atoms with van der Waals surface area (Å²) in [4.78, 5) is 12.8. The first-order chi connectivity index (χ1) is 10.9. The first-order valence-corrected chi connectivity index (χ1v) is 8.31. The highest BCUT2D eigenvalue weighted by molar-refractivity contribution is 5.89. The zero-order valence-electron chi connectivity index (χ0n) is 13.8. The Morgan fingerprint density at radius 2 is 2.13 bits per heavy atom. The summed E-state index contributed by atoms with van der Waals surface area (Å²) in [6.07, 6.45) is 1.17. The second-order valence-electron chi connectivity index (χ2n) is 7.27. The van der Waals surface area contributed by atoms with Crippen LogP contribution >= 0.6 is 0 Å². The molecule has 5 nitrogen and oxygen atoms in total. The maximum atomic E-state index is 12.8. The molecule has 1 aromatic rings. The Balaban J connectivity index is 1.66. The lowest BCUT2D eigenvalue weighted by Crippen LogP contribution is -2.82. The summed E-state index contributed by atoms with van der Waals surface area (Å²) in [5.41, 5.74) is 5.97. The topological polar surface area (TPSA) is 84.6 Å². The molecule has 5 heteroatoms. The molecule has 4 unspecified atom stereocenters. The van der Waals surface area contributed by atoms with E-state index in [1.54, 1.807) is 0 Å². The van der Waals surface area contributed by atoms with Gasteiger partial charge in [-0.2, -0.15) is 0 Å². The molecule has 4 N–H and O–H groups in total. The molecule has 1 heterocycles. The van der Waals surface area contributed by atoms with Crippen LogP contribution in [0.4, 0.5) is 0 Å². The van der Waals surface area contributed by atoms with Gasteiger partial charge in [0.05, 0.1) is 12.2 Å². The number of aliphatic hydroxyl groups excluding tert-OH is 1. The summed E-state index contributed by atoms with van der Waals surface area (Å²) >= 11 is 0. The third kappa shape index (κ3) is 2.47. The lowest BCUT2D eigenvalue weighted by atomic mass is 9.46. The van der Waals surface area contributed by atoms with Gasteiger partial charge in [-0.15, -0.1) is 0 Å². The summed E-state index contributed by atoms with van der Waals surface area (Å²) in [5, 5.41) is 13.1. The number of ether oxygens (including phenoxy) is 1. The second-order valence-corrected chi connectivity index (χ2v) is 7.27. The van der Waals surface area contributed by atoms with Crippen molar-refractivity contribution in [2.24, 2.45) is 17.1 Å². The maximum absolute atomic E-state index is 12.8. The highest BCUT2D eigenvalue weighted by Crippen LogP contribution is 2.57. The van der Waals surface area contributed by atoms with Gasteiger partial charge in [-0.3, -0.25) is 4.79 Å². The van der Waals surface area contributed by atoms with E-state index in [1.165, 1.54) is 0 Å². The van der Waals surface area contributed by atoms with Crippen molar-refractivity contribution >= 4 is 5.91 Å². The molecular weight excluding hydrogens is 292 g/mol. The van der Waals surface area contributed by atoms with Gasteiger partial charge in [0.15, 0.2) is 0 Å². The van der Waals surface area contributed by atoms with E-state index in [-0.39, 0.29) is 24.5 Å². The maximum Gasteiger partial charge on any atom is 0.241 e. The quantitative estimate of drug-likeness (QED) is 0.783. The van der Waals surface area contributed by atoms with Crippen LogP contribution in [0.15, 0.2) is 30.3 Å². The van der Waals surface area contributed by atoms with Crippen LogP contribution in [-0.4, -0.2) is 35.8 Å². The Hall–Kier alpha value is -1.43. The Kier molecular flexibility index (Phi) is 4.21. The fourth-order valence-electron chi connectivity index (χ4n) is 4.17. The molecule has 23 heavy (non-hydrogen) atoms. The van der Waals surface area contributed by atoms with Gasteiger partial charge >= 0.3 is 0 Å². The SMILES string of the molecule is CC1(C)C2OCCCC2C1(N)C(=O)NCC(O)c1ccccc1. The first kappa shape index (κ1) is 16.4. The van der Waals surface area contributed by atoms with Crippen molar-refractivity contribution in [3.8, 4) is 0 Å². The van der Waals surface area contributed by atoms with Crippen LogP contribution in [0.5, 0.6) is 0 Å². The van der Waals surface area contributed by atoms with Gasteiger partial charge in [-0.25, -0.2) is 0 Å². The predicted octanol–water partition coefficient (Wildman–Crippen LogP) is 1.37. The summed E-state index contributed by atoms with van der Waals surface area (Å²) in [5.74, 6) is -0.135. The molecule has 1 aromatic carbocycles. The standard InChI is InChI=1S/C18H26N2O3/c1-17(2)15-13(9-6-10-23-15)18(17,19)16(22)20-11-14(21)12-7-4-3-5-8-12/h3-5,7-8,13-15,21H,6,9-11,19H2,1-2H3,(H,20,22). The molecule has 0 spiro atoms. The van der Waals surface area contributed by atoms with Crippen molar-refractivity contribution in [3.05, 3.63) is 35.9 Å². The number of nitrogens with one attached hydrogen (secondary N) is 1. The second kappa shape index (κ2) is 5.89. The van der Waals surface area contributed by atoms with Crippen molar-refractivity contribution in [1.82, 2.24) is 5.32 Å². The Labute approximate surface area is 137 Å². The van der Waals surface area contributed by atoms with Crippen molar-refractivity contribution in [1.29, 1.82) is 0 Å². The number of amides is 1. The minimum absolute atomic E-state index is 0.0473. The highest BCUT2D eigenvalue weighted by Gasteiger charge is 2.70. The van der Waals surface area contributed by atoms with Crippen molar-refractivity contribution in [3.63, 3.8) is 0 Å². The van der Waals surface area contributed by atoms with Crippen LogP contribution in [0, 0.1) is 11.3 Å². The first-order valence-electron chi connectivity index (χ1n) is 8.31. The van der Waals surface area contributed by atoms with Gasteiger partial charge < -0.3 is 20.9 Å². The number of nitrogens with two attached hydrogens (primary N) is 1. The number of carbonyl (C=O) groups is 1. The number of aliphatic hydroxyl groups is 1. The van der Waals surface area contributed by atoms with Crippen molar-refractivity contribution in [2.45, 2.75) is 44.4 Å². The Morgan fingerprint density at radius 3 is 2.83 bits per heavy atom. The molecular formula is C18H26N2O3. The lowest BCUT2D eigenvalue weighted by molar-refractivity contribution is -0.225. The number of benzene rings is 1. The average molecular weight is 318 g/mol. The normalized spacial score (nSPS) is 33.2. The molecule has 1 aliphatic heterocycles. The number of carbonyl (C=O) groups excluding carboxylic acids is 1. The monoisotopic (exact) mass is 318 g/mol. The van der Waals surface area contributed by atoms with E-state index >= 15 is 0 Å². The third-order valence-electron chi connectivity index (χ3n) is 5.70. The van der Waals surface area contributed by atoms with Crippen LogP contribution in [0.1, 0.15) is 38.4 Å². The van der Waals surface area contributed by atoms with E-state index in [1.807, 2.05) is 44.2 Å². The van der Waals surface area contributed by atoms with Gasteiger partial charge in [0.25, 0.3) is 0 Å². The van der Waals surface area contributed by atoms with Crippen LogP contribution in [0.2, 0.25) is 0 Å². The fraction of sp³-hybridized carbons (Fsp3) is 0.611. The van der Waals surface area contributed by atoms with Crippen LogP contribution in [0.3, 0.4) is 0 Å². The van der Waals surface area contributed by atoms with Gasteiger partial charge in [0, 0.05) is 24.5 Å². The molecule has 1 aliphatic carbocycles. The predicted molar refractivity (Wildman–Crippen MR) is 87.6 cm³/mol. The molecule has 3 rings (SSSR count). The zero-order chi connectivity index (χ0) is 16.7. The van der Waals surface area contributed by atoms with Crippen molar-refractivity contribution in [2.75, 3.05) is 13.2 Å². The Bertz CT molecular complexity index is 575. The molecule has 126 valence electrons. The van der Waals surface area contributed by atoms with Gasteiger partial charge in [0.2, 0.25) is 5.91 Å². The van der Waals surface area contributed by atoms with E-state index < -0.39 is 17.1 Å². The van der Waals surface area contributed by atoms with Gasteiger partial charge in [-0.05, 0) is 18.4 Å². The van der Waals surface area contributed by atoms with Crippen LogP contribution in [-0.2, 0) is 9.53 Å². The average Bonchev–Trinajstić information content (AvgIpc) is 2.59. The smallest absolute Gasteiger partial charge is 0.241 e. The lowest BCUT2D eigenvalue weighted by Gasteiger charge is -2.65. The summed E-state index contributed by atoms with van der Waals surface area (Å²) in [7, 11) is 0. The molecule has 2 fully saturated rings. The van der Waals surface area contributed by atoms with E-state index in [9.17, 15) is 9.90 Å².